The predicted octanol–water partition coefficient (Wildman–Crippen LogP) is 2.41. The molecule has 1 aliphatic heterocycles. The van der Waals surface area contributed by atoms with Crippen LogP contribution in [0.15, 0.2) is 18.2 Å². The summed E-state index contributed by atoms with van der Waals surface area (Å²) >= 11 is 6.05. The van der Waals surface area contributed by atoms with E-state index in [1.165, 1.54) is 11.3 Å². The Hall–Kier alpha value is -0.770. The first-order valence-corrected chi connectivity index (χ1v) is 6.80. The second-order valence-electron chi connectivity index (χ2n) is 5.33. The lowest BCUT2D eigenvalue weighted by molar-refractivity contribution is 0.0449. The van der Waals surface area contributed by atoms with Crippen LogP contribution in [0.5, 0.6) is 0 Å². The summed E-state index contributed by atoms with van der Waals surface area (Å²) in [4.78, 5) is 2.26. The van der Waals surface area contributed by atoms with Crippen LogP contribution in [0.3, 0.4) is 0 Å². The van der Waals surface area contributed by atoms with Crippen LogP contribution in [-0.4, -0.2) is 30.8 Å². The SMILES string of the molecule is CNCc1cc(Cl)ccc1N1CCCC(C)(O)C1. The Balaban J connectivity index is 2.26. The molecular weight excluding hydrogens is 248 g/mol. The standard InChI is InChI=1S/C14H21ClN2O/c1-14(18)6-3-7-17(10-14)13-5-4-12(15)8-11(13)9-16-2/h4-5,8,16,18H,3,6-7,9-10H2,1-2H3. The van der Waals surface area contributed by atoms with Crippen LogP contribution in [0.4, 0.5) is 5.69 Å². The maximum atomic E-state index is 10.2. The highest BCUT2D eigenvalue weighted by Crippen LogP contribution is 2.30. The topological polar surface area (TPSA) is 35.5 Å². The van der Waals surface area contributed by atoms with Gasteiger partial charge in [-0.2, -0.15) is 0 Å². The highest BCUT2D eigenvalue weighted by atomic mass is 35.5. The van der Waals surface area contributed by atoms with E-state index in [2.05, 4.69) is 16.3 Å². The van der Waals surface area contributed by atoms with Crippen molar-refractivity contribution in [3.8, 4) is 0 Å². The van der Waals surface area contributed by atoms with Gasteiger partial charge in [0.25, 0.3) is 0 Å². The number of benzene rings is 1. The Morgan fingerprint density at radius 3 is 2.94 bits per heavy atom. The van der Waals surface area contributed by atoms with Gasteiger partial charge in [-0.15, -0.1) is 0 Å². The maximum absolute atomic E-state index is 10.2. The van der Waals surface area contributed by atoms with E-state index in [4.69, 9.17) is 11.6 Å². The quantitative estimate of drug-likeness (QED) is 0.884. The first-order valence-electron chi connectivity index (χ1n) is 6.42. The van der Waals surface area contributed by atoms with Gasteiger partial charge >= 0.3 is 0 Å². The fourth-order valence-corrected chi connectivity index (χ4v) is 2.81. The molecule has 1 aromatic carbocycles. The van der Waals surface area contributed by atoms with E-state index < -0.39 is 5.60 Å². The fourth-order valence-electron chi connectivity index (χ4n) is 2.62. The summed E-state index contributed by atoms with van der Waals surface area (Å²) in [7, 11) is 1.93. The van der Waals surface area contributed by atoms with E-state index in [1.54, 1.807) is 0 Å². The highest BCUT2D eigenvalue weighted by molar-refractivity contribution is 6.30. The molecule has 0 radical (unpaired) electrons. The average Bonchev–Trinajstić information content (AvgIpc) is 2.28. The van der Waals surface area contributed by atoms with Crippen molar-refractivity contribution < 1.29 is 5.11 Å². The van der Waals surface area contributed by atoms with E-state index in [0.717, 1.165) is 31.0 Å². The normalized spacial score (nSPS) is 24.3. The van der Waals surface area contributed by atoms with Gasteiger partial charge in [-0.25, -0.2) is 0 Å². The number of rotatable bonds is 3. The molecule has 1 atom stereocenters. The minimum absolute atomic E-state index is 0.588. The summed E-state index contributed by atoms with van der Waals surface area (Å²) in [5.74, 6) is 0. The Kier molecular flexibility index (Phi) is 4.15. The summed E-state index contributed by atoms with van der Waals surface area (Å²) in [5, 5.41) is 14.1. The molecule has 1 aliphatic rings. The van der Waals surface area contributed by atoms with E-state index in [-0.39, 0.29) is 0 Å². The largest absolute Gasteiger partial charge is 0.388 e. The van der Waals surface area contributed by atoms with E-state index in [9.17, 15) is 5.11 Å². The van der Waals surface area contributed by atoms with Crippen LogP contribution in [0.2, 0.25) is 5.02 Å². The molecule has 100 valence electrons. The van der Waals surface area contributed by atoms with Crippen molar-refractivity contribution in [3.05, 3.63) is 28.8 Å². The third kappa shape index (κ3) is 3.16. The molecule has 18 heavy (non-hydrogen) atoms. The minimum atomic E-state index is -0.588. The Morgan fingerprint density at radius 1 is 1.50 bits per heavy atom. The number of hydrogen-bond acceptors (Lipinski definition) is 3. The zero-order valence-electron chi connectivity index (χ0n) is 11.0. The number of β-amino-alcohol motifs (C(OH)–C–C–N with tert-alkyl or cyclic N) is 1. The zero-order valence-corrected chi connectivity index (χ0v) is 11.8. The molecule has 1 fully saturated rings. The van der Waals surface area contributed by atoms with E-state index in [1.807, 2.05) is 26.1 Å². The van der Waals surface area contributed by atoms with Crippen molar-refractivity contribution in [2.45, 2.75) is 31.9 Å². The van der Waals surface area contributed by atoms with Crippen molar-refractivity contribution in [1.29, 1.82) is 0 Å². The van der Waals surface area contributed by atoms with E-state index in [0.29, 0.717) is 6.54 Å². The van der Waals surface area contributed by atoms with Crippen LogP contribution in [0.25, 0.3) is 0 Å². The lowest BCUT2D eigenvalue weighted by atomic mass is 9.94. The Labute approximate surface area is 114 Å². The van der Waals surface area contributed by atoms with Crippen molar-refractivity contribution >= 4 is 17.3 Å². The molecular formula is C14H21ClN2O. The number of halogens is 1. The van der Waals surface area contributed by atoms with Crippen LogP contribution in [0, 0.1) is 0 Å². The van der Waals surface area contributed by atoms with Gasteiger partial charge in [-0.3, -0.25) is 0 Å². The summed E-state index contributed by atoms with van der Waals surface area (Å²) in [5.41, 5.74) is 1.77. The van der Waals surface area contributed by atoms with Crippen molar-refractivity contribution in [2.24, 2.45) is 0 Å². The first kappa shape index (κ1) is 13.7. The van der Waals surface area contributed by atoms with Gasteiger partial charge in [0, 0.05) is 30.3 Å². The third-order valence-electron chi connectivity index (χ3n) is 3.42. The molecule has 0 aromatic heterocycles. The summed E-state index contributed by atoms with van der Waals surface area (Å²) < 4.78 is 0. The molecule has 0 amide bonds. The fraction of sp³-hybridized carbons (Fsp3) is 0.571. The number of nitrogens with one attached hydrogen (secondary N) is 1. The average molecular weight is 269 g/mol. The highest BCUT2D eigenvalue weighted by Gasteiger charge is 2.29. The molecule has 1 heterocycles. The molecule has 0 saturated carbocycles. The molecule has 0 aliphatic carbocycles. The molecule has 2 rings (SSSR count). The molecule has 3 nitrogen and oxygen atoms in total. The number of piperidine rings is 1. The summed E-state index contributed by atoms with van der Waals surface area (Å²) in [6.07, 6.45) is 1.90. The van der Waals surface area contributed by atoms with Crippen LogP contribution in [-0.2, 0) is 6.54 Å². The summed E-state index contributed by atoms with van der Waals surface area (Å²) in [6.45, 7) is 4.38. The minimum Gasteiger partial charge on any atom is -0.388 e. The van der Waals surface area contributed by atoms with Crippen molar-refractivity contribution in [1.82, 2.24) is 5.32 Å². The number of hydrogen-bond donors (Lipinski definition) is 2. The van der Waals surface area contributed by atoms with Gasteiger partial charge in [0.2, 0.25) is 0 Å². The number of aliphatic hydroxyl groups is 1. The second kappa shape index (κ2) is 5.47. The molecule has 1 saturated heterocycles. The maximum Gasteiger partial charge on any atom is 0.0794 e. The smallest absolute Gasteiger partial charge is 0.0794 e. The lowest BCUT2D eigenvalue weighted by Crippen LogP contribution is -2.46. The third-order valence-corrected chi connectivity index (χ3v) is 3.66. The van der Waals surface area contributed by atoms with Gasteiger partial charge in [0.05, 0.1) is 5.60 Å². The number of anilines is 1. The molecule has 2 N–H and O–H groups in total. The Morgan fingerprint density at radius 2 is 2.28 bits per heavy atom. The van der Waals surface area contributed by atoms with Crippen molar-refractivity contribution in [2.75, 3.05) is 25.0 Å². The first-order chi connectivity index (χ1) is 8.52. The summed E-state index contributed by atoms with van der Waals surface area (Å²) in [6, 6.07) is 5.96. The van der Waals surface area contributed by atoms with Gasteiger partial charge in [0.1, 0.15) is 0 Å². The molecule has 0 spiro atoms. The van der Waals surface area contributed by atoms with Gasteiger partial charge in [-0.05, 0) is 50.6 Å². The molecule has 1 unspecified atom stereocenters. The van der Waals surface area contributed by atoms with Crippen molar-refractivity contribution in [3.63, 3.8) is 0 Å². The zero-order chi connectivity index (χ0) is 13.2. The monoisotopic (exact) mass is 268 g/mol. The van der Waals surface area contributed by atoms with Crippen LogP contribution in [0.1, 0.15) is 25.3 Å². The molecule has 4 heteroatoms. The molecule has 1 aromatic rings. The van der Waals surface area contributed by atoms with Gasteiger partial charge < -0.3 is 15.3 Å². The predicted molar refractivity (Wildman–Crippen MR) is 76.3 cm³/mol. The second-order valence-corrected chi connectivity index (χ2v) is 5.76. The van der Waals surface area contributed by atoms with Gasteiger partial charge in [-0.1, -0.05) is 11.6 Å². The number of nitrogens with zero attached hydrogens (tertiary/aromatic N) is 1. The van der Waals surface area contributed by atoms with Crippen LogP contribution >= 0.6 is 11.6 Å². The van der Waals surface area contributed by atoms with Gasteiger partial charge in [0.15, 0.2) is 0 Å². The Bertz CT molecular complexity index is 420. The lowest BCUT2D eigenvalue weighted by Gasteiger charge is -2.39. The van der Waals surface area contributed by atoms with Crippen LogP contribution < -0.4 is 10.2 Å². The van der Waals surface area contributed by atoms with E-state index >= 15 is 0 Å². The molecule has 0 bridgehead atoms.